The predicted octanol–water partition coefficient (Wildman–Crippen LogP) is 3.38. The molecule has 3 amide bonds. The zero-order valence-corrected chi connectivity index (χ0v) is 16.5. The van der Waals surface area contributed by atoms with Crippen LogP contribution in [0.4, 0.5) is 11.4 Å². The molecule has 0 atom stereocenters. The van der Waals surface area contributed by atoms with Gasteiger partial charge in [-0.05, 0) is 48.5 Å². The molecule has 0 bridgehead atoms. The van der Waals surface area contributed by atoms with E-state index in [0.717, 1.165) is 4.47 Å². The molecule has 0 aliphatic rings. The lowest BCUT2D eigenvalue weighted by Gasteiger charge is -2.11. The molecule has 0 radical (unpaired) electrons. The second-order valence-electron chi connectivity index (χ2n) is 5.68. The molecule has 0 spiro atoms. The van der Waals surface area contributed by atoms with Gasteiger partial charge in [-0.1, -0.05) is 28.1 Å². The summed E-state index contributed by atoms with van der Waals surface area (Å²) >= 11 is 3.32. The lowest BCUT2D eigenvalue weighted by atomic mass is 10.1. The van der Waals surface area contributed by atoms with Crippen molar-refractivity contribution >= 4 is 51.2 Å². The number of halogens is 1. The molecule has 0 saturated carbocycles. The summed E-state index contributed by atoms with van der Waals surface area (Å²) in [5.41, 5.74) is 3.07. The first-order valence-electron chi connectivity index (χ1n) is 8.37. The molecule has 0 aliphatic carbocycles. The van der Waals surface area contributed by atoms with Gasteiger partial charge in [0.05, 0.1) is 23.7 Å². The number of rotatable bonds is 5. The number of nitrogens with zero attached hydrogens (tertiary/aromatic N) is 1. The SMILES string of the molecule is O=C(NN=Cc1ccco1)C(=O)Nc1ccccc1C(=O)Nc1ccc(Br)cc1. The normalized spacial score (nSPS) is 10.5. The Labute approximate surface area is 174 Å². The summed E-state index contributed by atoms with van der Waals surface area (Å²) in [5.74, 6) is -1.97. The number of benzene rings is 2. The molecule has 2 aromatic carbocycles. The van der Waals surface area contributed by atoms with Gasteiger partial charge in [-0.2, -0.15) is 5.10 Å². The highest BCUT2D eigenvalue weighted by atomic mass is 79.9. The van der Waals surface area contributed by atoms with Crippen LogP contribution in [0.1, 0.15) is 16.1 Å². The summed E-state index contributed by atoms with van der Waals surface area (Å²) in [6.45, 7) is 0. The third kappa shape index (κ3) is 5.63. The zero-order valence-electron chi connectivity index (χ0n) is 14.9. The molecule has 8 nitrogen and oxygen atoms in total. The molecule has 0 unspecified atom stereocenters. The molecule has 0 fully saturated rings. The van der Waals surface area contributed by atoms with Gasteiger partial charge in [-0.25, -0.2) is 5.43 Å². The quantitative estimate of drug-likeness (QED) is 0.311. The number of hydrogen-bond acceptors (Lipinski definition) is 5. The molecule has 146 valence electrons. The van der Waals surface area contributed by atoms with Crippen molar-refractivity contribution in [1.29, 1.82) is 0 Å². The Hall–Kier alpha value is -3.72. The number of hydrazone groups is 1. The number of nitrogens with one attached hydrogen (secondary N) is 3. The van der Waals surface area contributed by atoms with Gasteiger partial charge in [0.25, 0.3) is 5.91 Å². The van der Waals surface area contributed by atoms with Crippen LogP contribution in [0.5, 0.6) is 0 Å². The molecule has 1 aromatic heterocycles. The monoisotopic (exact) mass is 454 g/mol. The molecular weight excluding hydrogens is 440 g/mol. The second kappa shape index (κ2) is 9.47. The number of furan rings is 1. The summed E-state index contributed by atoms with van der Waals surface area (Å²) < 4.78 is 5.90. The van der Waals surface area contributed by atoms with Crippen molar-refractivity contribution in [2.75, 3.05) is 10.6 Å². The van der Waals surface area contributed by atoms with Crippen molar-refractivity contribution in [3.63, 3.8) is 0 Å². The van der Waals surface area contributed by atoms with Crippen LogP contribution in [0.25, 0.3) is 0 Å². The van der Waals surface area contributed by atoms with Crippen LogP contribution in [0.2, 0.25) is 0 Å². The topological polar surface area (TPSA) is 113 Å². The lowest BCUT2D eigenvalue weighted by Crippen LogP contribution is -2.33. The molecule has 3 rings (SSSR count). The molecule has 1 heterocycles. The van der Waals surface area contributed by atoms with Gasteiger partial charge in [0, 0.05) is 10.2 Å². The summed E-state index contributed by atoms with van der Waals surface area (Å²) in [5, 5.41) is 8.78. The first-order valence-corrected chi connectivity index (χ1v) is 9.16. The highest BCUT2D eigenvalue weighted by molar-refractivity contribution is 9.10. The van der Waals surface area contributed by atoms with Gasteiger partial charge in [-0.3, -0.25) is 14.4 Å². The molecule has 9 heteroatoms. The fourth-order valence-electron chi connectivity index (χ4n) is 2.27. The molecular formula is C20H15BrN4O4. The van der Waals surface area contributed by atoms with Crippen LogP contribution in [-0.4, -0.2) is 23.9 Å². The van der Waals surface area contributed by atoms with Gasteiger partial charge < -0.3 is 15.1 Å². The van der Waals surface area contributed by atoms with Crippen LogP contribution < -0.4 is 16.1 Å². The first-order chi connectivity index (χ1) is 14.0. The third-order valence-electron chi connectivity index (χ3n) is 3.63. The number of amides is 3. The maximum Gasteiger partial charge on any atom is 0.329 e. The van der Waals surface area contributed by atoms with Crippen molar-refractivity contribution in [2.45, 2.75) is 0 Å². The number of carbonyl (C=O) groups excluding carboxylic acids is 3. The largest absolute Gasteiger partial charge is 0.463 e. The van der Waals surface area contributed by atoms with E-state index in [9.17, 15) is 14.4 Å². The van der Waals surface area contributed by atoms with Crippen LogP contribution in [-0.2, 0) is 9.59 Å². The average Bonchev–Trinajstić information content (AvgIpc) is 3.23. The highest BCUT2D eigenvalue weighted by Gasteiger charge is 2.17. The van der Waals surface area contributed by atoms with E-state index in [-0.39, 0.29) is 11.3 Å². The summed E-state index contributed by atoms with van der Waals surface area (Å²) in [6, 6.07) is 16.7. The minimum atomic E-state index is -0.990. The number of para-hydroxylation sites is 1. The Morgan fingerprint density at radius 2 is 1.66 bits per heavy atom. The van der Waals surface area contributed by atoms with E-state index in [2.05, 4.69) is 37.1 Å². The van der Waals surface area contributed by atoms with Gasteiger partial charge >= 0.3 is 11.8 Å². The van der Waals surface area contributed by atoms with Crippen molar-refractivity contribution in [3.05, 3.63) is 82.7 Å². The summed E-state index contributed by atoms with van der Waals surface area (Å²) in [7, 11) is 0. The highest BCUT2D eigenvalue weighted by Crippen LogP contribution is 2.19. The Balaban J connectivity index is 1.64. The molecule has 3 N–H and O–H groups in total. The maximum absolute atomic E-state index is 12.6. The summed E-state index contributed by atoms with van der Waals surface area (Å²) in [4.78, 5) is 36.6. The van der Waals surface area contributed by atoms with Gasteiger partial charge in [0.15, 0.2) is 0 Å². The molecule has 3 aromatic rings. The predicted molar refractivity (Wildman–Crippen MR) is 112 cm³/mol. The Bertz CT molecular complexity index is 1050. The second-order valence-corrected chi connectivity index (χ2v) is 6.59. The lowest BCUT2D eigenvalue weighted by molar-refractivity contribution is -0.136. The van der Waals surface area contributed by atoms with E-state index in [0.29, 0.717) is 11.4 Å². The molecule has 0 aliphatic heterocycles. The molecule has 29 heavy (non-hydrogen) atoms. The van der Waals surface area contributed by atoms with Crippen molar-refractivity contribution in [1.82, 2.24) is 5.43 Å². The van der Waals surface area contributed by atoms with Crippen LogP contribution in [0.15, 0.2) is 80.9 Å². The molecule has 0 saturated heterocycles. The van der Waals surface area contributed by atoms with Gasteiger partial charge in [0.2, 0.25) is 0 Å². The van der Waals surface area contributed by atoms with E-state index in [1.807, 2.05) is 0 Å². The fraction of sp³-hybridized carbons (Fsp3) is 0. The van der Waals surface area contributed by atoms with Crippen molar-refractivity contribution in [2.24, 2.45) is 5.10 Å². The van der Waals surface area contributed by atoms with Crippen molar-refractivity contribution in [3.8, 4) is 0 Å². The number of hydrogen-bond donors (Lipinski definition) is 3. The van der Waals surface area contributed by atoms with E-state index in [1.54, 1.807) is 48.5 Å². The van der Waals surface area contributed by atoms with Crippen molar-refractivity contribution < 1.29 is 18.8 Å². The van der Waals surface area contributed by atoms with Crippen LogP contribution in [0.3, 0.4) is 0 Å². The smallest absolute Gasteiger partial charge is 0.329 e. The van der Waals surface area contributed by atoms with Gasteiger partial charge in [-0.15, -0.1) is 0 Å². The third-order valence-corrected chi connectivity index (χ3v) is 4.16. The zero-order chi connectivity index (χ0) is 20.6. The number of anilines is 2. The number of carbonyl (C=O) groups is 3. The van der Waals surface area contributed by atoms with Crippen LogP contribution in [0, 0.1) is 0 Å². The Morgan fingerprint density at radius 1 is 0.897 bits per heavy atom. The Kier molecular flexibility index (Phi) is 6.54. The minimum Gasteiger partial charge on any atom is -0.463 e. The standard InChI is InChI=1S/C20H15BrN4O4/c21-13-7-9-14(10-8-13)23-18(26)16-5-1-2-6-17(16)24-19(27)20(28)25-22-12-15-4-3-11-29-15/h1-12H,(H,23,26)(H,24,27)(H,25,28). The van der Waals surface area contributed by atoms with E-state index in [1.165, 1.54) is 24.6 Å². The maximum atomic E-state index is 12.6. The summed E-state index contributed by atoms with van der Waals surface area (Å²) in [6.07, 6.45) is 2.71. The van der Waals surface area contributed by atoms with Gasteiger partial charge in [0.1, 0.15) is 5.76 Å². The van der Waals surface area contributed by atoms with E-state index < -0.39 is 17.7 Å². The van der Waals surface area contributed by atoms with E-state index >= 15 is 0 Å². The van der Waals surface area contributed by atoms with Crippen LogP contribution >= 0.6 is 15.9 Å². The minimum absolute atomic E-state index is 0.192. The Morgan fingerprint density at radius 3 is 2.38 bits per heavy atom. The fourth-order valence-corrected chi connectivity index (χ4v) is 2.54. The average molecular weight is 455 g/mol. The van der Waals surface area contributed by atoms with E-state index in [4.69, 9.17) is 4.42 Å². The first kappa shape index (κ1) is 20.0.